The van der Waals surface area contributed by atoms with Crippen LogP contribution in [0.25, 0.3) is 11.4 Å². The molecule has 0 saturated carbocycles. The Hall–Kier alpha value is -2.43. The summed E-state index contributed by atoms with van der Waals surface area (Å²) in [5.41, 5.74) is 2.25. The molecule has 2 aromatic rings. The maximum atomic E-state index is 13.0. The van der Waals surface area contributed by atoms with Gasteiger partial charge in [0, 0.05) is 37.9 Å². The van der Waals surface area contributed by atoms with Gasteiger partial charge in [0.1, 0.15) is 5.82 Å². The summed E-state index contributed by atoms with van der Waals surface area (Å²) in [7, 11) is 0. The molecular weight excluding hydrogens is 348 g/mol. The molecule has 1 aromatic heterocycles. The number of rotatable bonds is 7. The van der Waals surface area contributed by atoms with Crippen LogP contribution in [0.4, 0.5) is 5.82 Å². The smallest absolute Gasteiger partial charge is 0.227 e. The number of hydrogen-bond acceptors (Lipinski definition) is 4. The summed E-state index contributed by atoms with van der Waals surface area (Å²) in [6.45, 7) is 9.74. The van der Waals surface area contributed by atoms with Gasteiger partial charge in [0.15, 0.2) is 5.82 Å². The number of aromatic nitrogens is 2. The number of carbonyl (C=O) groups is 1. The Bertz CT molecular complexity index is 768. The van der Waals surface area contributed by atoms with Crippen molar-refractivity contribution >= 4 is 11.7 Å². The third kappa shape index (κ3) is 4.89. The highest BCUT2D eigenvalue weighted by molar-refractivity contribution is 5.79. The van der Waals surface area contributed by atoms with Gasteiger partial charge in [-0.15, -0.1) is 0 Å². The SMILES string of the molecule is CCCN(CCC)C(=O)C1CCCN(c2ccnc(-c3ccc(C)cc3)n2)C1. The van der Waals surface area contributed by atoms with Gasteiger partial charge in [-0.2, -0.15) is 0 Å². The highest BCUT2D eigenvalue weighted by atomic mass is 16.2. The van der Waals surface area contributed by atoms with E-state index < -0.39 is 0 Å². The average Bonchev–Trinajstić information content (AvgIpc) is 2.74. The molecular formula is C23H32N4O. The van der Waals surface area contributed by atoms with E-state index in [9.17, 15) is 4.79 Å². The molecule has 5 nitrogen and oxygen atoms in total. The van der Waals surface area contributed by atoms with E-state index in [1.165, 1.54) is 5.56 Å². The summed E-state index contributed by atoms with van der Waals surface area (Å²) in [5.74, 6) is 2.02. The molecule has 1 saturated heterocycles. The largest absolute Gasteiger partial charge is 0.356 e. The molecule has 1 aliphatic heterocycles. The molecule has 150 valence electrons. The number of amides is 1. The molecule has 1 unspecified atom stereocenters. The van der Waals surface area contributed by atoms with Crippen molar-refractivity contribution in [3.63, 3.8) is 0 Å². The van der Waals surface area contributed by atoms with Crippen molar-refractivity contribution in [1.29, 1.82) is 0 Å². The maximum absolute atomic E-state index is 13.0. The zero-order valence-electron chi connectivity index (χ0n) is 17.4. The quantitative estimate of drug-likeness (QED) is 0.718. The minimum atomic E-state index is 0.0599. The van der Waals surface area contributed by atoms with Gasteiger partial charge >= 0.3 is 0 Å². The van der Waals surface area contributed by atoms with Crippen molar-refractivity contribution in [3.8, 4) is 11.4 Å². The fourth-order valence-electron chi connectivity index (χ4n) is 3.88. The Morgan fingerprint density at radius 2 is 1.86 bits per heavy atom. The minimum Gasteiger partial charge on any atom is -0.356 e. The summed E-state index contributed by atoms with van der Waals surface area (Å²) >= 11 is 0. The van der Waals surface area contributed by atoms with E-state index in [2.05, 4.69) is 54.9 Å². The van der Waals surface area contributed by atoms with Crippen molar-refractivity contribution in [3.05, 3.63) is 42.1 Å². The number of piperidine rings is 1. The van der Waals surface area contributed by atoms with E-state index >= 15 is 0 Å². The number of anilines is 1. The third-order valence-corrected chi connectivity index (χ3v) is 5.34. The van der Waals surface area contributed by atoms with Gasteiger partial charge < -0.3 is 9.80 Å². The first-order valence-corrected chi connectivity index (χ1v) is 10.6. The number of aryl methyl sites for hydroxylation is 1. The van der Waals surface area contributed by atoms with Crippen LogP contribution in [0.3, 0.4) is 0 Å². The van der Waals surface area contributed by atoms with Crippen LogP contribution in [0.1, 0.15) is 45.1 Å². The first-order chi connectivity index (χ1) is 13.6. The van der Waals surface area contributed by atoms with Crippen LogP contribution in [0.5, 0.6) is 0 Å². The second kappa shape index (κ2) is 9.67. The summed E-state index contributed by atoms with van der Waals surface area (Å²) in [6, 6.07) is 10.2. The number of carbonyl (C=O) groups excluding carboxylic acids is 1. The number of hydrogen-bond donors (Lipinski definition) is 0. The molecule has 0 spiro atoms. The van der Waals surface area contributed by atoms with Crippen LogP contribution < -0.4 is 4.90 Å². The molecule has 0 aliphatic carbocycles. The summed E-state index contributed by atoms with van der Waals surface area (Å²) < 4.78 is 0. The molecule has 3 rings (SSSR count). The zero-order chi connectivity index (χ0) is 19.9. The predicted molar refractivity (Wildman–Crippen MR) is 114 cm³/mol. The Morgan fingerprint density at radius 3 is 2.54 bits per heavy atom. The number of nitrogens with zero attached hydrogens (tertiary/aromatic N) is 4. The Labute approximate surface area is 168 Å². The van der Waals surface area contributed by atoms with E-state index in [1.807, 2.05) is 17.2 Å². The standard InChI is InChI=1S/C23H32N4O/c1-4-14-26(15-5-2)23(28)20-7-6-16-27(17-20)21-12-13-24-22(25-21)19-10-8-18(3)9-11-19/h8-13,20H,4-7,14-17H2,1-3H3. The molecule has 0 N–H and O–H groups in total. The monoisotopic (exact) mass is 380 g/mol. The molecule has 0 radical (unpaired) electrons. The second-order valence-electron chi connectivity index (χ2n) is 7.71. The lowest BCUT2D eigenvalue weighted by molar-refractivity contribution is -0.135. The minimum absolute atomic E-state index is 0.0599. The zero-order valence-corrected chi connectivity index (χ0v) is 17.4. The van der Waals surface area contributed by atoms with Crippen molar-refractivity contribution in [2.45, 2.75) is 46.5 Å². The molecule has 28 heavy (non-hydrogen) atoms. The molecule has 1 aromatic carbocycles. The summed E-state index contributed by atoms with van der Waals surface area (Å²) in [6.07, 6.45) is 5.83. The fraction of sp³-hybridized carbons (Fsp3) is 0.522. The van der Waals surface area contributed by atoms with Crippen LogP contribution in [0, 0.1) is 12.8 Å². The van der Waals surface area contributed by atoms with Gasteiger partial charge in [-0.25, -0.2) is 9.97 Å². The van der Waals surface area contributed by atoms with E-state index in [4.69, 9.17) is 4.98 Å². The van der Waals surface area contributed by atoms with Gasteiger partial charge in [-0.05, 0) is 38.7 Å². The fourth-order valence-corrected chi connectivity index (χ4v) is 3.88. The molecule has 1 aliphatic rings. The summed E-state index contributed by atoms with van der Waals surface area (Å²) in [5, 5.41) is 0. The number of benzene rings is 1. The highest BCUT2D eigenvalue weighted by Crippen LogP contribution is 2.25. The first-order valence-electron chi connectivity index (χ1n) is 10.6. The van der Waals surface area contributed by atoms with Crippen LogP contribution in [-0.2, 0) is 4.79 Å². The van der Waals surface area contributed by atoms with Gasteiger partial charge in [0.2, 0.25) is 5.91 Å². The Morgan fingerprint density at radius 1 is 1.14 bits per heavy atom. The van der Waals surface area contributed by atoms with Gasteiger partial charge in [-0.3, -0.25) is 4.79 Å². The van der Waals surface area contributed by atoms with Crippen LogP contribution in [-0.4, -0.2) is 47.0 Å². The topological polar surface area (TPSA) is 49.3 Å². The summed E-state index contributed by atoms with van der Waals surface area (Å²) in [4.78, 5) is 26.6. The van der Waals surface area contributed by atoms with Gasteiger partial charge in [0.05, 0.1) is 5.92 Å². The van der Waals surface area contributed by atoms with Gasteiger partial charge in [0.25, 0.3) is 0 Å². The predicted octanol–water partition coefficient (Wildman–Crippen LogP) is 4.32. The molecule has 1 amide bonds. The Kier molecular flexibility index (Phi) is 7.01. The van der Waals surface area contributed by atoms with Crippen molar-refractivity contribution in [2.24, 2.45) is 5.92 Å². The van der Waals surface area contributed by atoms with E-state index in [0.717, 1.165) is 69.1 Å². The molecule has 1 atom stereocenters. The molecule has 0 bridgehead atoms. The maximum Gasteiger partial charge on any atom is 0.227 e. The van der Waals surface area contributed by atoms with Crippen molar-refractivity contribution in [2.75, 3.05) is 31.1 Å². The van der Waals surface area contributed by atoms with Crippen molar-refractivity contribution in [1.82, 2.24) is 14.9 Å². The lowest BCUT2D eigenvalue weighted by Gasteiger charge is -2.35. The van der Waals surface area contributed by atoms with E-state index in [1.54, 1.807) is 0 Å². The van der Waals surface area contributed by atoms with Gasteiger partial charge in [-0.1, -0.05) is 43.7 Å². The van der Waals surface area contributed by atoms with E-state index in [0.29, 0.717) is 5.91 Å². The average molecular weight is 381 g/mol. The van der Waals surface area contributed by atoms with Crippen LogP contribution in [0.2, 0.25) is 0 Å². The molecule has 2 heterocycles. The van der Waals surface area contributed by atoms with Crippen LogP contribution >= 0.6 is 0 Å². The first kappa shape index (κ1) is 20.3. The lowest BCUT2D eigenvalue weighted by atomic mass is 9.96. The second-order valence-corrected chi connectivity index (χ2v) is 7.71. The van der Waals surface area contributed by atoms with E-state index in [-0.39, 0.29) is 5.92 Å². The third-order valence-electron chi connectivity index (χ3n) is 5.34. The molecule has 1 fully saturated rings. The molecule has 5 heteroatoms. The Balaban J connectivity index is 1.74. The normalized spacial score (nSPS) is 16.8. The van der Waals surface area contributed by atoms with Crippen molar-refractivity contribution < 1.29 is 4.79 Å². The lowest BCUT2D eigenvalue weighted by Crippen LogP contribution is -2.45. The highest BCUT2D eigenvalue weighted by Gasteiger charge is 2.29. The van der Waals surface area contributed by atoms with Crippen LogP contribution in [0.15, 0.2) is 36.5 Å².